The monoisotopic (exact) mass is 114 g/mol. The van der Waals surface area contributed by atoms with Gasteiger partial charge < -0.3 is 4.74 Å². The number of rotatable bonds is 1. The molecule has 0 unspecified atom stereocenters. The van der Waals surface area contributed by atoms with Crippen molar-refractivity contribution in [3.63, 3.8) is 0 Å². The zero-order valence-corrected chi connectivity index (χ0v) is 5.18. The Morgan fingerprint density at radius 3 is 2.50 bits per heavy atom. The molecule has 0 bridgehead atoms. The Balaban J connectivity index is 2.35. The van der Waals surface area contributed by atoms with Crippen LogP contribution in [0.4, 0.5) is 0 Å². The summed E-state index contributed by atoms with van der Waals surface area (Å²) in [6, 6.07) is 0. The molecule has 1 rings (SSSR count). The fourth-order valence-corrected chi connectivity index (χ4v) is 0.875. The summed E-state index contributed by atoms with van der Waals surface area (Å²) in [5.41, 5.74) is 0. The van der Waals surface area contributed by atoms with Gasteiger partial charge in [-0.3, -0.25) is 4.79 Å². The molecule has 0 radical (unpaired) electrons. The Bertz CT molecular complexity index is 109. The van der Waals surface area contributed by atoms with Crippen molar-refractivity contribution in [2.45, 2.75) is 26.4 Å². The predicted molar refractivity (Wildman–Crippen MR) is 29.3 cm³/mol. The maximum atomic E-state index is 10.4. The minimum atomic E-state index is -0.0446. The minimum Gasteiger partial charge on any atom is -0.461 e. The first-order valence-electron chi connectivity index (χ1n) is 2.96. The van der Waals surface area contributed by atoms with Crippen LogP contribution in [0.3, 0.4) is 0 Å². The number of carbonyl (C=O) groups is 1. The molecule has 0 saturated carbocycles. The van der Waals surface area contributed by atoms with Crippen LogP contribution in [0.1, 0.15) is 20.3 Å². The summed E-state index contributed by atoms with van der Waals surface area (Å²) in [5, 5.41) is 0. The molecule has 0 aromatic heterocycles. The predicted octanol–water partition coefficient (Wildman–Crippen LogP) is 0.958. The van der Waals surface area contributed by atoms with Gasteiger partial charge in [0, 0.05) is 0 Å². The van der Waals surface area contributed by atoms with Crippen LogP contribution < -0.4 is 0 Å². The molecule has 2 nitrogen and oxygen atoms in total. The molecule has 0 amide bonds. The highest BCUT2D eigenvalue weighted by atomic mass is 16.6. The van der Waals surface area contributed by atoms with Gasteiger partial charge in [0.05, 0.1) is 5.92 Å². The quantitative estimate of drug-likeness (QED) is 0.474. The lowest BCUT2D eigenvalue weighted by atomic mass is 9.97. The van der Waals surface area contributed by atoms with Crippen molar-refractivity contribution < 1.29 is 9.53 Å². The molecule has 1 heterocycles. The maximum absolute atomic E-state index is 10.4. The second-order valence-electron chi connectivity index (χ2n) is 2.17. The Hall–Kier alpha value is -0.530. The van der Waals surface area contributed by atoms with Gasteiger partial charge in [-0.2, -0.15) is 0 Å². The van der Waals surface area contributed by atoms with Crippen LogP contribution in [-0.4, -0.2) is 12.1 Å². The van der Waals surface area contributed by atoms with Gasteiger partial charge in [0.2, 0.25) is 0 Å². The molecule has 0 aromatic rings. The molecule has 46 valence electrons. The van der Waals surface area contributed by atoms with Gasteiger partial charge in [-0.15, -0.1) is 0 Å². The Morgan fingerprint density at radius 2 is 2.38 bits per heavy atom. The van der Waals surface area contributed by atoms with E-state index in [2.05, 4.69) is 0 Å². The fraction of sp³-hybridized carbons (Fsp3) is 0.833. The third-order valence-electron chi connectivity index (χ3n) is 1.60. The van der Waals surface area contributed by atoms with Crippen molar-refractivity contribution in [2.75, 3.05) is 0 Å². The molecule has 1 aliphatic rings. The number of cyclic esters (lactones) is 1. The number of hydrogen-bond acceptors (Lipinski definition) is 2. The van der Waals surface area contributed by atoms with Crippen molar-refractivity contribution in [3.05, 3.63) is 0 Å². The summed E-state index contributed by atoms with van der Waals surface area (Å²) in [6.07, 6.45) is 1.16. The molecule has 1 aliphatic heterocycles. The van der Waals surface area contributed by atoms with Crippen molar-refractivity contribution in [1.29, 1.82) is 0 Å². The van der Waals surface area contributed by atoms with Gasteiger partial charge in [-0.25, -0.2) is 0 Å². The summed E-state index contributed by atoms with van der Waals surface area (Å²) in [7, 11) is 0. The molecule has 0 aliphatic carbocycles. The van der Waals surface area contributed by atoms with E-state index in [0.717, 1.165) is 6.42 Å². The normalized spacial score (nSPS) is 36.0. The van der Waals surface area contributed by atoms with Crippen LogP contribution in [0.25, 0.3) is 0 Å². The zero-order chi connectivity index (χ0) is 6.15. The van der Waals surface area contributed by atoms with E-state index < -0.39 is 0 Å². The highest BCUT2D eigenvalue weighted by Gasteiger charge is 2.36. The van der Waals surface area contributed by atoms with Gasteiger partial charge in [0.15, 0.2) is 0 Å². The standard InChI is InChI=1S/C6H10O2/c1-3-5-4(2)6(7)8-5/h4-5H,3H2,1-2H3/t4-,5+/m0/s1. The molecule has 2 atom stereocenters. The van der Waals surface area contributed by atoms with Gasteiger partial charge >= 0.3 is 5.97 Å². The average Bonchev–Trinajstić information content (AvgIpc) is 1.81. The van der Waals surface area contributed by atoms with Gasteiger partial charge in [-0.1, -0.05) is 6.92 Å². The SMILES string of the molecule is CC[C@H]1OC(=O)[C@H]1C. The summed E-state index contributed by atoms with van der Waals surface area (Å²) >= 11 is 0. The fourth-order valence-electron chi connectivity index (χ4n) is 0.875. The molecule has 0 N–H and O–H groups in total. The summed E-state index contributed by atoms with van der Waals surface area (Å²) in [4.78, 5) is 10.4. The van der Waals surface area contributed by atoms with Crippen LogP contribution >= 0.6 is 0 Å². The maximum Gasteiger partial charge on any atom is 0.312 e. The van der Waals surface area contributed by atoms with Crippen LogP contribution in [0, 0.1) is 5.92 Å². The largest absolute Gasteiger partial charge is 0.461 e. The lowest BCUT2D eigenvalue weighted by molar-refractivity contribution is -0.182. The van der Waals surface area contributed by atoms with Crippen LogP contribution in [0.15, 0.2) is 0 Å². The van der Waals surface area contributed by atoms with E-state index in [1.807, 2.05) is 13.8 Å². The molecule has 1 saturated heterocycles. The molecule has 0 spiro atoms. The molecule has 2 heteroatoms. The van der Waals surface area contributed by atoms with E-state index in [4.69, 9.17) is 4.74 Å². The van der Waals surface area contributed by atoms with E-state index in [1.165, 1.54) is 0 Å². The number of ether oxygens (including phenoxy) is 1. The van der Waals surface area contributed by atoms with E-state index in [-0.39, 0.29) is 18.0 Å². The smallest absolute Gasteiger partial charge is 0.312 e. The third-order valence-corrected chi connectivity index (χ3v) is 1.60. The van der Waals surface area contributed by atoms with Gasteiger partial charge in [0.25, 0.3) is 0 Å². The Kier molecular flexibility index (Phi) is 1.24. The second-order valence-corrected chi connectivity index (χ2v) is 2.17. The summed E-state index contributed by atoms with van der Waals surface area (Å²) in [5.74, 6) is 0.108. The van der Waals surface area contributed by atoms with E-state index >= 15 is 0 Å². The molecular weight excluding hydrogens is 104 g/mol. The van der Waals surface area contributed by atoms with Crippen LogP contribution in [0.5, 0.6) is 0 Å². The number of carbonyl (C=O) groups excluding carboxylic acids is 1. The summed E-state index contributed by atoms with van der Waals surface area (Å²) < 4.78 is 4.76. The van der Waals surface area contributed by atoms with Gasteiger partial charge in [0.1, 0.15) is 6.10 Å². The van der Waals surface area contributed by atoms with E-state index in [0.29, 0.717) is 0 Å². The van der Waals surface area contributed by atoms with Gasteiger partial charge in [-0.05, 0) is 13.3 Å². The van der Waals surface area contributed by atoms with Crippen molar-refractivity contribution in [3.8, 4) is 0 Å². The van der Waals surface area contributed by atoms with Crippen molar-refractivity contribution >= 4 is 5.97 Å². The Labute approximate surface area is 48.8 Å². The third kappa shape index (κ3) is 0.602. The number of esters is 1. The number of hydrogen-bond donors (Lipinski definition) is 0. The topological polar surface area (TPSA) is 26.3 Å². The Morgan fingerprint density at radius 1 is 1.75 bits per heavy atom. The molecular formula is C6H10O2. The van der Waals surface area contributed by atoms with Crippen molar-refractivity contribution in [2.24, 2.45) is 5.92 Å². The second kappa shape index (κ2) is 1.77. The first kappa shape index (κ1) is 5.60. The van der Waals surface area contributed by atoms with E-state index in [9.17, 15) is 4.79 Å². The van der Waals surface area contributed by atoms with Crippen LogP contribution in [0.2, 0.25) is 0 Å². The molecule has 1 fully saturated rings. The van der Waals surface area contributed by atoms with E-state index in [1.54, 1.807) is 0 Å². The lowest BCUT2D eigenvalue weighted by Crippen LogP contribution is -2.42. The van der Waals surface area contributed by atoms with Crippen molar-refractivity contribution in [1.82, 2.24) is 0 Å². The first-order valence-corrected chi connectivity index (χ1v) is 2.96. The lowest BCUT2D eigenvalue weighted by Gasteiger charge is -2.31. The molecule has 0 aromatic carbocycles. The van der Waals surface area contributed by atoms with Crippen LogP contribution in [-0.2, 0) is 9.53 Å². The zero-order valence-electron chi connectivity index (χ0n) is 5.18. The average molecular weight is 114 g/mol. The molecule has 8 heavy (non-hydrogen) atoms. The highest BCUT2D eigenvalue weighted by molar-refractivity contribution is 5.77. The highest BCUT2D eigenvalue weighted by Crippen LogP contribution is 2.23. The first-order chi connectivity index (χ1) is 3.75. The minimum absolute atomic E-state index is 0.0446. The summed E-state index contributed by atoms with van der Waals surface area (Å²) in [6.45, 7) is 3.92.